The number of pyridine rings is 1. The topological polar surface area (TPSA) is 79.4 Å². The van der Waals surface area contributed by atoms with Crippen molar-refractivity contribution in [1.82, 2.24) is 14.6 Å². The van der Waals surface area contributed by atoms with Gasteiger partial charge in [-0.2, -0.15) is 17.5 Å². The zero-order chi connectivity index (χ0) is 15.8. The molecular formula is C11H12F3N3O3S. The summed E-state index contributed by atoms with van der Waals surface area (Å²) in [4.78, 5) is 14.2. The van der Waals surface area contributed by atoms with Crippen LogP contribution in [0.3, 0.4) is 0 Å². The van der Waals surface area contributed by atoms with E-state index >= 15 is 0 Å². The number of piperazine rings is 1. The number of sulfonamides is 1. The first-order chi connectivity index (χ1) is 9.64. The van der Waals surface area contributed by atoms with Crippen LogP contribution in [0.1, 0.15) is 12.6 Å². The average molecular weight is 323 g/mol. The molecule has 2 rings (SSSR count). The van der Waals surface area contributed by atoms with E-state index in [0.29, 0.717) is 12.3 Å². The zero-order valence-electron chi connectivity index (χ0n) is 10.9. The van der Waals surface area contributed by atoms with E-state index in [1.165, 1.54) is 6.92 Å². The number of halogens is 3. The quantitative estimate of drug-likeness (QED) is 0.865. The van der Waals surface area contributed by atoms with Crippen molar-refractivity contribution in [3.8, 4) is 0 Å². The Morgan fingerprint density at radius 2 is 2.05 bits per heavy atom. The van der Waals surface area contributed by atoms with Crippen LogP contribution in [0.15, 0.2) is 23.2 Å². The summed E-state index contributed by atoms with van der Waals surface area (Å²) in [6, 6.07) is 0.512. The molecular weight excluding hydrogens is 311 g/mol. The van der Waals surface area contributed by atoms with Crippen LogP contribution in [0.2, 0.25) is 0 Å². The van der Waals surface area contributed by atoms with E-state index in [1.54, 1.807) is 0 Å². The van der Waals surface area contributed by atoms with Crippen LogP contribution in [0, 0.1) is 0 Å². The van der Waals surface area contributed by atoms with Crippen LogP contribution in [0.4, 0.5) is 13.2 Å². The summed E-state index contributed by atoms with van der Waals surface area (Å²) in [5.41, 5.74) is -1.18. The number of amides is 1. The Labute approximate surface area is 119 Å². The molecule has 21 heavy (non-hydrogen) atoms. The number of nitrogens with zero attached hydrogens (tertiary/aromatic N) is 2. The second-order valence-corrected chi connectivity index (χ2v) is 6.35. The molecule has 0 unspecified atom stereocenters. The zero-order valence-corrected chi connectivity index (χ0v) is 11.7. The molecule has 6 nitrogen and oxygen atoms in total. The van der Waals surface area contributed by atoms with Gasteiger partial charge in [0.25, 0.3) is 0 Å². The van der Waals surface area contributed by atoms with Gasteiger partial charge in [0, 0.05) is 19.3 Å². The molecule has 0 spiro atoms. The lowest BCUT2D eigenvalue weighted by Crippen LogP contribution is -2.55. The molecule has 2 heterocycles. The highest BCUT2D eigenvalue weighted by Gasteiger charge is 2.37. The summed E-state index contributed by atoms with van der Waals surface area (Å²) in [6.45, 7) is 1.61. The Balaban J connectivity index is 2.33. The highest BCUT2D eigenvalue weighted by molar-refractivity contribution is 7.89. The van der Waals surface area contributed by atoms with Gasteiger partial charge in [0.05, 0.1) is 0 Å². The van der Waals surface area contributed by atoms with Gasteiger partial charge in [0.1, 0.15) is 16.6 Å². The molecule has 0 bridgehead atoms. The monoisotopic (exact) mass is 323 g/mol. The number of aromatic nitrogens is 1. The molecule has 1 aromatic rings. The Hall–Kier alpha value is -1.68. The van der Waals surface area contributed by atoms with Crippen LogP contribution in [0.5, 0.6) is 0 Å². The second kappa shape index (κ2) is 5.26. The first-order valence-corrected chi connectivity index (χ1v) is 7.41. The minimum Gasteiger partial charge on any atom is -0.353 e. The van der Waals surface area contributed by atoms with E-state index in [0.717, 1.165) is 10.4 Å². The molecule has 1 atom stereocenters. The Morgan fingerprint density at radius 1 is 1.38 bits per heavy atom. The highest BCUT2D eigenvalue weighted by atomic mass is 32.2. The number of carbonyl (C=O) groups excluding carboxylic acids is 1. The maximum atomic E-state index is 12.4. The Kier molecular flexibility index (Phi) is 3.93. The minimum absolute atomic E-state index is 0.0518. The van der Waals surface area contributed by atoms with Crippen LogP contribution in [-0.2, 0) is 21.0 Å². The predicted octanol–water partition coefficient (Wildman–Crippen LogP) is 0.609. The molecule has 1 amide bonds. The largest absolute Gasteiger partial charge is 0.433 e. The molecule has 1 fully saturated rings. The SMILES string of the molecule is C[C@H]1C(=O)NCCN1S(=O)(=O)c1ccc(C(F)(F)F)nc1. The van der Waals surface area contributed by atoms with E-state index in [9.17, 15) is 26.4 Å². The van der Waals surface area contributed by atoms with Crippen LogP contribution in [-0.4, -0.2) is 42.7 Å². The van der Waals surface area contributed by atoms with E-state index in [4.69, 9.17) is 0 Å². The number of hydrogen-bond acceptors (Lipinski definition) is 4. The number of rotatable bonds is 2. The first-order valence-electron chi connectivity index (χ1n) is 5.97. The fraction of sp³-hybridized carbons (Fsp3) is 0.455. The summed E-state index contributed by atoms with van der Waals surface area (Å²) < 4.78 is 62.8. The smallest absolute Gasteiger partial charge is 0.353 e. The van der Waals surface area contributed by atoms with E-state index in [-0.39, 0.29) is 18.0 Å². The van der Waals surface area contributed by atoms with Gasteiger partial charge >= 0.3 is 6.18 Å². The van der Waals surface area contributed by atoms with E-state index in [2.05, 4.69) is 10.3 Å². The third-order valence-corrected chi connectivity index (χ3v) is 5.03. The summed E-state index contributed by atoms with van der Waals surface area (Å²) in [7, 11) is -4.06. The molecule has 10 heteroatoms. The molecule has 0 aromatic carbocycles. The normalized spacial score (nSPS) is 21.1. The maximum Gasteiger partial charge on any atom is 0.433 e. The lowest BCUT2D eigenvalue weighted by atomic mass is 10.2. The maximum absolute atomic E-state index is 12.4. The molecule has 1 aliphatic rings. The van der Waals surface area contributed by atoms with Gasteiger partial charge in [0.2, 0.25) is 15.9 Å². The van der Waals surface area contributed by atoms with Crippen LogP contribution in [0.25, 0.3) is 0 Å². The first kappa shape index (κ1) is 15.7. The second-order valence-electron chi connectivity index (χ2n) is 4.46. The van der Waals surface area contributed by atoms with Gasteiger partial charge in [-0.3, -0.25) is 9.78 Å². The minimum atomic E-state index is -4.64. The molecule has 116 valence electrons. The van der Waals surface area contributed by atoms with Crippen molar-refractivity contribution in [1.29, 1.82) is 0 Å². The number of hydrogen-bond donors (Lipinski definition) is 1. The van der Waals surface area contributed by atoms with Crippen LogP contribution >= 0.6 is 0 Å². The lowest BCUT2D eigenvalue weighted by Gasteiger charge is -2.31. The average Bonchev–Trinajstić information content (AvgIpc) is 2.41. The van der Waals surface area contributed by atoms with Gasteiger partial charge < -0.3 is 5.32 Å². The standard InChI is InChI=1S/C11H12F3N3O3S/c1-7-10(18)15-4-5-17(7)21(19,20)8-2-3-9(16-6-8)11(12,13)14/h2-3,6-7H,4-5H2,1H3,(H,15,18)/t7-/m0/s1. The van der Waals surface area contributed by atoms with Crippen molar-refractivity contribution < 1.29 is 26.4 Å². The molecule has 0 saturated carbocycles. The molecule has 1 aromatic heterocycles. The summed E-state index contributed by atoms with van der Waals surface area (Å²) >= 11 is 0. The molecule has 1 aliphatic heterocycles. The van der Waals surface area contributed by atoms with Gasteiger partial charge in [0.15, 0.2) is 0 Å². The summed E-state index contributed by atoms with van der Waals surface area (Å²) in [5.74, 6) is -0.454. The van der Waals surface area contributed by atoms with Crippen molar-refractivity contribution in [2.24, 2.45) is 0 Å². The Morgan fingerprint density at radius 3 is 2.57 bits per heavy atom. The lowest BCUT2D eigenvalue weighted by molar-refractivity contribution is -0.141. The van der Waals surface area contributed by atoms with E-state index < -0.39 is 33.8 Å². The van der Waals surface area contributed by atoms with Gasteiger partial charge in [-0.05, 0) is 19.1 Å². The predicted molar refractivity (Wildman–Crippen MR) is 65.6 cm³/mol. The molecule has 0 aliphatic carbocycles. The molecule has 1 saturated heterocycles. The number of nitrogens with one attached hydrogen (secondary N) is 1. The number of carbonyl (C=O) groups is 1. The fourth-order valence-corrected chi connectivity index (χ4v) is 3.47. The summed E-state index contributed by atoms with van der Waals surface area (Å²) in [6.07, 6.45) is -3.99. The van der Waals surface area contributed by atoms with E-state index in [1.807, 2.05) is 0 Å². The van der Waals surface area contributed by atoms with Crippen molar-refractivity contribution in [3.05, 3.63) is 24.0 Å². The van der Waals surface area contributed by atoms with Gasteiger partial charge in [-0.25, -0.2) is 8.42 Å². The van der Waals surface area contributed by atoms with Crippen molar-refractivity contribution >= 4 is 15.9 Å². The van der Waals surface area contributed by atoms with Crippen LogP contribution < -0.4 is 5.32 Å². The van der Waals surface area contributed by atoms with Crippen molar-refractivity contribution in [2.75, 3.05) is 13.1 Å². The third kappa shape index (κ3) is 3.00. The molecule has 1 N–H and O–H groups in total. The number of alkyl halides is 3. The molecule has 0 radical (unpaired) electrons. The summed E-state index contributed by atoms with van der Waals surface area (Å²) in [5, 5.41) is 2.50. The van der Waals surface area contributed by atoms with Gasteiger partial charge in [-0.15, -0.1) is 0 Å². The Bertz CT molecular complexity index is 643. The highest BCUT2D eigenvalue weighted by Crippen LogP contribution is 2.28. The van der Waals surface area contributed by atoms with Crippen molar-refractivity contribution in [2.45, 2.75) is 24.0 Å². The third-order valence-electron chi connectivity index (χ3n) is 3.08. The fourth-order valence-electron chi connectivity index (χ4n) is 1.93. The van der Waals surface area contributed by atoms with Crippen molar-refractivity contribution in [3.63, 3.8) is 0 Å². The van der Waals surface area contributed by atoms with Gasteiger partial charge in [-0.1, -0.05) is 0 Å².